The van der Waals surface area contributed by atoms with E-state index >= 15 is 0 Å². The second-order valence-electron chi connectivity index (χ2n) is 4.51. The molecule has 0 bridgehead atoms. The Balaban J connectivity index is 1.68. The lowest BCUT2D eigenvalue weighted by Gasteiger charge is -2.38. The van der Waals surface area contributed by atoms with Crippen LogP contribution in [0.1, 0.15) is 12.8 Å². The van der Waals surface area contributed by atoms with Crippen molar-refractivity contribution in [2.45, 2.75) is 18.6 Å². The molecule has 2 aliphatic rings. The first-order valence-corrected chi connectivity index (χ1v) is 6.20. The average molecular weight is 251 g/mol. The molecule has 0 amide bonds. The molecular formula is C12H17N3O3. The van der Waals surface area contributed by atoms with Crippen molar-refractivity contribution in [1.29, 1.82) is 0 Å². The smallest absolute Gasteiger partial charge is 0.218 e. The van der Waals surface area contributed by atoms with Gasteiger partial charge in [-0.25, -0.2) is 9.97 Å². The van der Waals surface area contributed by atoms with Crippen molar-refractivity contribution in [1.82, 2.24) is 9.97 Å². The van der Waals surface area contributed by atoms with E-state index in [-0.39, 0.29) is 5.79 Å². The van der Waals surface area contributed by atoms with Crippen molar-refractivity contribution >= 4 is 5.82 Å². The van der Waals surface area contributed by atoms with Gasteiger partial charge in [0.1, 0.15) is 12.1 Å². The highest BCUT2D eigenvalue weighted by molar-refractivity contribution is 5.41. The van der Waals surface area contributed by atoms with Gasteiger partial charge in [-0.1, -0.05) is 0 Å². The largest absolute Gasteiger partial charge is 0.481 e. The molecule has 0 unspecified atom stereocenters. The van der Waals surface area contributed by atoms with Crippen LogP contribution >= 0.6 is 0 Å². The van der Waals surface area contributed by atoms with Gasteiger partial charge in [-0.2, -0.15) is 0 Å². The molecule has 0 saturated carbocycles. The monoisotopic (exact) mass is 251 g/mol. The minimum atomic E-state index is -0.340. The number of nitrogens with zero attached hydrogens (tertiary/aromatic N) is 3. The minimum absolute atomic E-state index is 0.340. The molecule has 1 spiro atoms. The second kappa shape index (κ2) is 4.70. The molecule has 0 atom stereocenters. The quantitative estimate of drug-likeness (QED) is 0.776. The van der Waals surface area contributed by atoms with Crippen molar-refractivity contribution in [3.63, 3.8) is 0 Å². The number of ether oxygens (including phenoxy) is 3. The van der Waals surface area contributed by atoms with Crippen LogP contribution in [0.25, 0.3) is 0 Å². The normalized spacial score (nSPS) is 22.4. The molecule has 0 N–H and O–H groups in total. The first kappa shape index (κ1) is 11.7. The summed E-state index contributed by atoms with van der Waals surface area (Å²) in [5, 5.41) is 0. The number of anilines is 1. The van der Waals surface area contributed by atoms with Gasteiger partial charge in [0, 0.05) is 32.0 Å². The first-order valence-electron chi connectivity index (χ1n) is 6.20. The number of aromatic nitrogens is 2. The molecule has 6 heteroatoms. The summed E-state index contributed by atoms with van der Waals surface area (Å²) in [4.78, 5) is 10.5. The Morgan fingerprint density at radius 3 is 2.61 bits per heavy atom. The number of methoxy groups -OCH3 is 1. The predicted molar refractivity (Wildman–Crippen MR) is 64.7 cm³/mol. The first-order chi connectivity index (χ1) is 8.81. The lowest BCUT2D eigenvalue weighted by molar-refractivity contribution is -0.169. The maximum atomic E-state index is 5.70. The van der Waals surface area contributed by atoms with Gasteiger partial charge in [0.05, 0.1) is 20.3 Å². The molecule has 2 aliphatic heterocycles. The van der Waals surface area contributed by atoms with Crippen molar-refractivity contribution in [2.75, 3.05) is 38.3 Å². The van der Waals surface area contributed by atoms with Gasteiger partial charge in [0.15, 0.2) is 5.79 Å². The Bertz CT molecular complexity index is 411. The van der Waals surface area contributed by atoms with Crippen LogP contribution in [-0.4, -0.2) is 49.2 Å². The van der Waals surface area contributed by atoms with Crippen molar-refractivity contribution in [2.24, 2.45) is 0 Å². The molecule has 6 nitrogen and oxygen atoms in total. The van der Waals surface area contributed by atoms with Crippen LogP contribution in [0.15, 0.2) is 12.4 Å². The number of rotatable bonds is 2. The summed E-state index contributed by atoms with van der Waals surface area (Å²) in [6, 6.07) is 1.86. The summed E-state index contributed by atoms with van der Waals surface area (Å²) in [7, 11) is 1.61. The molecule has 0 aliphatic carbocycles. The second-order valence-corrected chi connectivity index (χ2v) is 4.51. The topological polar surface area (TPSA) is 56.7 Å². The maximum Gasteiger partial charge on any atom is 0.218 e. The zero-order valence-electron chi connectivity index (χ0n) is 10.5. The van der Waals surface area contributed by atoms with Crippen LogP contribution in [0.4, 0.5) is 5.82 Å². The molecule has 3 rings (SSSR count). The van der Waals surface area contributed by atoms with E-state index in [1.165, 1.54) is 6.33 Å². The van der Waals surface area contributed by atoms with Crippen molar-refractivity contribution < 1.29 is 14.2 Å². The van der Waals surface area contributed by atoms with E-state index < -0.39 is 0 Å². The minimum Gasteiger partial charge on any atom is -0.481 e. The molecule has 3 heterocycles. The van der Waals surface area contributed by atoms with E-state index in [4.69, 9.17) is 14.2 Å². The van der Waals surface area contributed by atoms with Crippen molar-refractivity contribution in [3.05, 3.63) is 12.4 Å². The summed E-state index contributed by atoms with van der Waals surface area (Å²) in [5.74, 6) is 1.15. The predicted octanol–water partition coefficient (Wildman–Crippen LogP) is 0.829. The van der Waals surface area contributed by atoms with Crippen LogP contribution < -0.4 is 9.64 Å². The summed E-state index contributed by atoms with van der Waals surface area (Å²) in [6.45, 7) is 3.17. The van der Waals surface area contributed by atoms with Crippen LogP contribution in [0.5, 0.6) is 5.88 Å². The van der Waals surface area contributed by atoms with Gasteiger partial charge in [0.25, 0.3) is 0 Å². The number of hydrogen-bond donors (Lipinski definition) is 0. The average Bonchev–Trinajstić information content (AvgIpc) is 2.88. The lowest BCUT2D eigenvalue weighted by Crippen LogP contribution is -2.45. The van der Waals surface area contributed by atoms with Gasteiger partial charge in [-0.3, -0.25) is 0 Å². The molecule has 2 saturated heterocycles. The van der Waals surface area contributed by atoms with Crippen LogP contribution in [0.2, 0.25) is 0 Å². The van der Waals surface area contributed by atoms with E-state index in [0.717, 1.165) is 31.7 Å². The Labute approximate surface area is 106 Å². The number of piperidine rings is 1. The summed E-state index contributed by atoms with van der Waals surface area (Å²) in [5.41, 5.74) is 0. The van der Waals surface area contributed by atoms with E-state index in [0.29, 0.717) is 19.1 Å². The highest BCUT2D eigenvalue weighted by Gasteiger charge is 2.40. The molecule has 1 aromatic rings. The molecular weight excluding hydrogens is 234 g/mol. The van der Waals surface area contributed by atoms with Crippen LogP contribution in [-0.2, 0) is 9.47 Å². The van der Waals surface area contributed by atoms with E-state index in [2.05, 4.69) is 14.9 Å². The van der Waals surface area contributed by atoms with Crippen LogP contribution in [0.3, 0.4) is 0 Å². The third kappa shape index (κ3) is 2.13. The van der Waals surface area contributed by atoms with Crippen LogP contribution in [0, 0.1) is 0 Å². The van der Waals surface area contributed by atoms with Gasteiger partial charge >= 0.3 is 0 Å². The zero-order valence-corrected chi connectivity index (χ0v) is 10.5. The molecule has 98 valence electrons. The molecule has 0 aromatic carbocycles. The molecule has 18 heavy (non-hydrogen) atoms. The Morgan fingerprint density at radius 1 is 1.22 bits per heavy atom. The summed E-state index contributed by atoms with van der Waals surface area (Å²) >= 11 is 0. The SMILES string of the molecule is COc1cc(N2CCC3(CC2)OCCO3)ncn1. The maximum absolute atomic E-state index is 5.70. The zero-order chi connectivity index (χ0) is 12.4. The standard InChI is InChI=1S/C12H17N3O3/c1-16-11-8-10(13-9-14-11)15-4-2-12(3-5-15)17-6-7-18-12/h8-9H,2-7H2,1H3. The van der Waals surface area contributed by atoms with E-state index in [1.807, 2.05) is 6.07 Å². The fourth-order valence-electron chi connectivity index (χ4n) is 2.48. The summed E-state index contributed by atoms with van der Waals surface area (Å²) in [6.07, 6.45) is 3.28. The van der Waals surface area contributed by atoms with Gasteiger partial charge < -0.3 is 19.1 Å². The molecule has 2 fully saturated rings. The molecule has 1 aromatic heterocycles. The fourth-order valence-corrected chi connectivity index (χ4v) is 2.48. The van der Waals surface area contributed by atoms with Gasteiger partial charge in [-0.05, 0) is 0 Å². The summed E-state index contributed by atoms with van der Waals surface area (Å²) < 4.78 is 16.5. The van der Waals surface area contributed by atoms with Gasteiger partial charge in [-0.15, -0.1) is 0 Å². The lowest BCUT2D eigenvalue weighted by atomic mass is 10.0. The van der Waals surface area contributed by atoms with Gasteiger partial charge in [0.2, 0.25) is 5.88 Å². The Hall–Kier alpha value is -1.40. The Morgan fingerprint density at radius 2 is 1.94 bits per heavy atom. The fraction of sp³-hybridized carbons (Fsp3) is 0.667. The van der Waals surface area contributed by atoms with Crippen molar-refractivity contribution in [3.8, 4) is 5.88 Å². The Kier molecular flexibility index (Phi) is 3.05. The third-order valence-corrected chi connectivity index (χ3v) is 3.50. The highest BCUT2D eigenvalue weighted by Crippen LogP contribution is 2.32. The van der Waals surface area contributed by atoms with E-state index in [9.17, 15) is 0 Å². The molecule has 0 radical (unpaired) electrons. The third-order valence-electron chi connectivity index (χ3n) is 3.50. The number of hydrogen-bond acceptors (Lipinski definition) is 6. The highest BCUT2D eigenvalue weighted by atomic mass is 16.7. The van der Waals surface area contributed by atoms with E-state index in [1.54, 1.807) is 7.11 Å².